The summed E-state index contributed by atoms with van der Waals surface area (Å²) in [5.74, 6) is 0.0304. The standard InChI is InChI=1S/C15H17N3O5/c1-22-15(21)18-5-4-10(7-18)16-14(20)9-2-3-12-11(6-9)17-13(19)8-23-12/h2-3,6,10H,4-5,7-8H2,1H3,(H,16,20)(H,17,19)/t10-/m1/s1. The quantitative estimate of drug-likeness (QED) is 0.831. The number of rotatable bonds is 2. The number of hydrogen-bond donors (Lipinski definition) is 2. The molecule has 2 N–H and O–H groups in total. The molecule has 1 saturated heterocycles. The summed E-state index contributed by atoms with van der Waals surface area (Å²) in [5.41, 5.74) is 0.905. The van der Waals surface area contributed by atoms with Gasteiger partial charge in [0, 0.05) is 24.7 Å². The SMILES string of the molecule is COC(=O)N1CC[C@@H](NC(=O)c2ccc3c(c2)NC(=O)CO3)C1. The smallest absolute Gasteiger partial charge is 0.409 e. The predicted octanol–water partition coefficient (Wildman–Crippen LogP) is 0.588. The fourth-order valence-corrected chi connectivity index (χ4v) is 2.67. The van der Waals surface area contributed by atoms with Crippen molar-refractivity contribution in [2.75, 3.05) is 32.1 Å². The minimum Gasteiger partial charge on any atom is -0.482 e. The van der Waals surface area contributed by atoms with E-state index in [4.69, 9.17) is 4.74 Å². The Kier molecular flexibility index (Phi) is 4.05. The summed E-state index contributed by atoms with van der Waals surface area (Å²) in [6.07, 6.45) is 0.279. The highest BCUT2D eigenvalue weighted by atomic mass is 16.5. The zero-order chi connectivity index (χ0) is 16.4. The normalized spacial score (nSPS) is 19.4. The molecule has 1 aromatic rings. The monoisotopic (exact) mass is 319 g/mol. The Morgan fingerprint density at radius 1 is 1.43 bits per heavy atom. The largest absolute Gasteiger partial charge is 0.482 e. The van der Waals surface area contributed by atoms with Crippen LogP contribution in [0.5, 0.6) is 5.75 Å². The van der Waals surface area contributed by atoms with Gasteiger partial charge in [0.15, 0.2) is 6.61 Å². The average molecular weight is 319 g/mol. The van der Waals surface area contributed by atoms with Crippen LogP contribution in [0.25, 0.3) is 0 Å². The fraction of sp³-hybridized carbons (Fsp3) is 0.400. The Bertz CT molecular complexity index is 661. The number of amides is 3. The van der Waals surface area contributed by atoms with E-state index in [0.29, 0.717) is 36.5 Å². The van der Waals surface area contributed by atoms with Crippen LogP contribution in [-0.4, -0.2) is 55.7 Å². The summed E-state index contributed by atoms with van der Waals surface area (Å²) < 4.78 is 9.92. The van der Waals surface area contributed by atoms with Crippen LogP contribution in [0.15, 0.2) is 18.2 Å². The van der Waals surface area contributed by atoms with Crippen molar-refractivity contribution < 1.29 is 23.9 Å². The summed E-state index contributed by atoms with van der Waals surface area (Å²) in [6, 6.07) is 4.75. The Morgan fingerprint density at radius 3 is 3.04 bits per heavy atom. The van der Waals surface area contributed by atoms with Gasteiger partial charge in [-0.3, -0.25) is 9.59 Å². The van der Waals surface area contributed by atoms with E-state index in [0.717, 1.165) is 0 Å². The molecule has 3 rings (SSSR count). The molecule has 0 bridgehead atoms. The summed E-state index contributed by atoms with van der Waals surface area (Å²) in [5, 5.41) is 5.55. The van der Waals surface area contributed by atoms with Gasteiger partial charge in [-0.2, -0.15) is 0 Å². The van der Waals surface area contributed by atoms with Crippen LogP contribution in [0, 0.1) is 0 Å². The predicted molar refractivity (Wildman–Crippen MR) is 80.4 cm³/mol. The minimum atomic E-state index is -0.393. The molecule has 3 amide bonds. The number of methoxy groups -OCH3 is 1. The Balaban J connectivity index is 1.64. The van der Waals surface area contributed by atoms with Crippen LogP contribution >= 0.6 is 0 Å². The fourth-order valence-electron chi connectivity index (χ4n) is 2.67. The molecule has 0 unspecified atom stereocenters. The van der Waals surface area contributed by atoms with Crippen molar-refractivity contribution in [2.45, 2.75) is 12.5 Å². The second-order valence-corrected chi connectivity index (χ2v) is 5.42. The average Bonchev–Trinajstić information content (AvgIpc) is 3.01. The maximum Gasteiger partial charge on any atom is 0.409 e. The Morgan fingerprint density at radius 2 is 2.26 bits per heavy atom. The van der Waals surface area contributed by atoms with Crippen molar-refractivity contribution in [1.82, 2.24) is 10.2 Å². The van der Waals surface area contributed by atoms with Gasteiger partial charge in [-0.1, -0.05) is 0 Å². The molecule has 1 atom stereocenters. The molecule has 2 heterocycles. The highest BCUT2D eigenvalue weighted by molar-refractivity contribution is 6.00. The lowest BCUT2D eigenvalue weighted by molar-refractivity contribution is -0.118. The van der Waals surface area contributed by atoms with Gasteiger partial charge >= 0.3 is 6.09 Å². The van der Waals surface area contributed by atoms with Gasteiger partial charge in [0.2, 0.25) is 0 Å². The number of benzene rings is 1. The molecule has 0 saturated carbocycles. The van der Waals surface area contributed by atoms with Crippen molar-refractivity contribution in [1.29, 1.82) is 0 Å². The molecule has 23 heavy (non-hydrogen) atoms. The van der Waals surface area contributed by atoms with Gasteiger partial charge in [-0.15, -0.1) is 0 Å². The molecule has 0 radical (unpaired) electrons. The number of ether oxygens (including phenoxy) is 2. The van der Waals surface area contributed by atoms with Crippen LogP contribution in [0.2, 0.25) is 0 Å². The molecular weight excluding hydrogens is 302 g/mol. The molecule has 8 heteroatoms. The first-order valence-corrected chi connectivity index (χ1v) is 7.27. The lowest BCUT2D eigenvalue weighted by atomic mass is 10.1. The van der Waals surface area contributed by atoms with Gasteiger partial charge in [-0.25, -0.2) is 4.79 Å². The second kappa shape index (κ2) is 6.15. The maximum atomic E-state index is 12.3. The summed E-state index contributed by atoms with van der Waals surface area (Å²) in [6.45, 7) is 0.943. The number of carbonyl (C=O) groups is 3. The van der Waals surface area contributed by atoms with E-state index in [1.54, 1.807) is 23.1 Å². The molecule has 1 aromatic carbocycles. The van der Waals surface area contributed by atoms with Gasteiger partial charge in [0.05, 0.1) is 12.8 Å². The topological polar surface area (TPSA) is 97.0 Å². The maximum absolute atomic E-state index is 12.3. The van der Waals surface area contributed by atoms with Gasteiger partial charge in [0.25, 0.3) is 11.8 Å². The van der Waals surface area contributed by atoms with Gasteiger partial charge < -0.3 is 25.0 Å². The van der Waals surface area contributed by atoms with E-state index in [9.17, 15) is 14.4 Å². The van der Waals surface area contributed by atoms with Crippen LogP contribution < -0.4 is 15.4 Å². The number of nitrogens with one attached hydrogen (secondary N) is 2. The van der Waals surface area contributed by atoms with Crippen molar-refractivity contribution in [3.63, 3.8) is 0 Å². The minimum absolute atomic E-state index is 0.0238. The molecule has 1 fully saturated rings. The first-order valence-electron chi connectivity index (χ1n) is 7.27. The molecular formula is C15H17N3O5. The van der Waals surface area contributed by atoms with Gasteiger partial charge in [-0.05, 0) is 24.6 Å². The second-order valence-electron chi connectivity index (χ2n) is 5.42. The Hall–Kier alpha value is -2.77. The third kappa shape index (κ3) is 3.20. The summed E-state index contributed by atoms with van der Waals surface area (Å²) in [4.78, 5) is 36.6. The van der Waals surface area contributed by atoms with E-state index in [1.807, 2.05) is 0 Å². The van der Waals surface area contributed by atoms with Crippen LogP contribution in [0.3, 0.4) is 0 Å². The van der Waals surface area contributed by atoms with E-state index in [1.165, 1.54) is 7.11 Å². The number of carbonyl (C=O) groups excluding carboxylic acids is 3. The van der Waals surface area contributed by atoms with Crippen molar-refractivity contribution in [3.05, 3.63) is 23.8 Å². The molecule has 2 aliphatic heterocycles. The van der Waals surface area contributed by atoms with Crippen LogP contribution in [0.4, 0.5) is 10.5 Å². The zero-order valence-electron chi connectivity index (χ0n) is 12.6. The number of fused-ring (bicyclic) bond motifs is 1. The Labute approximate surface area is 132 Å². The van der Waals surface area contributed by atoms with E-state index in [-0.39, 0.29) is 24.5 Å². The van der Waals surface area contributed by atoms with Gasteiger partial charge in [0.1, 0.15) is 5.75 Å². The van der Waals surface area contributed by atoms with E-state index < -0.39 is 6.09 Å². The first-order chi connectivity index (χ1) is 11.1. The van der Waals surface area contributed by atoms with Crippen LogP contribution in [0.1, 0.15) is 16.8 Å². The molecule has 122 valence electrons. The molecule has 0 aromatic heterocycles. The zero-order valence-corrected chi connectivity index (χ0v) is 12.6. The van der Waals surface area contributed by atoms with Crippen molar-refractivity contribution in [2.24, 2.45) is 0 Å². The van der Waals surface area contributed by atoms with Crippen molar-refractivity contribution >= 4 is 23.6 Å². The van der Waals surface area contributed by atoms with E-state index >= 15 is 0 Å². The number of nitrogens with zero attached hydrogens (tertiary/aromatic N) is 1. The third-order valence-corrected chi connectivity index (χ3v) is 3.83. The lowest BCUT2D eigenvalue weighted by Crippen LogP contribution is -2.38. The third-order valence-electron chi connectivity index (χ3n) is 3.83. The molecule has 0 spiro atoms. The number of likely N-dealkylation sites (tertiary alicyclic amines) is 1. The number of anilines is 1. The molecule has 2 aliphatic rings. The highest BCUT2D eigenvalue weighted by Gasteiger charge is 2.28. The van der Waals surface area contributed by atoms with E-state index in [2.05, 4.69) is 15.4 Å². The first kappa shape index (κ1) is 15.1. The van der Waals surface area contributed by atoms with Crippen LogP contribution in [-0.2, 0) is 9.53 Å². The number of hydrogen-bond acceptors (Lipinski definition) is 5. The lowest BCUT2D eigenvalue weighted by Gasteiger charge is -2.19. The summed E-state index contributed by atoms with van der Waals surface area (Å²) >= 11 is 0. The molecule has 8 nitrogen and oxygen atoms in total. The van der Waals surface area contributed by atoms with Crippen molar-refractivity contribution in [3.8, 4) is 5.75 Å². The summed E-state index contributed by atoms with van der Waals surface area (Å²) in [7, 11) is 1.33. The highest BCUT2D eigenvalue weighted by Crippen LogP contribution is 2.28. The molecule has 0 aliphatic carbocycles.